The van der Waals surface area contributed by atoms with E-state index in [-0.39, 0.29) is 17.1 Å². The number of halogens is 5. The van der Waals surface area contributed by atoms with Crippen LogP contribution in [0.1, 0.15) is 12.6 Å². The minimum Gasteiger partial charge on any atom is -0.406 e. The fraction of sp³-hybridized carbons (Fsp3) is 0.200. The minimum atomic E-state index is -4.78. The van der Waals surface area contributed by atoms with Crippen LogP contribution in [0, 0.1) is 0 Å². The zero-order valence-electron chi connectivity index (χ0n) is 12.2. The number of alkyl halides is 5. The van der Waals surface area contributed by atoms with Gasteiger partial charge in [0, 0.05) is 12.5 Å². The smallest absolute Gasteiger partial charge is 0.406 e. The Labute approximate surface area is 132 Å². The molecule has 0 saturated carbocycles. The lowest BCUT2D eigenvalue weighted by atomic mass is 10.1. The largest absolute Gasteiger partial charge is 0.573 e. The lowest BCUT2D eigenvalue weighted by Gasteiger charge is -2.10. The Morgan fingerprint density at radius 3 is 2.21 bits per heavy atom. The summed E-state index contributed by atoms with van der Waals surface area (Å²) in [6.45, 7) is 0.730. The number of hydrogen-bond donors (Lipinski definition) is 0. The van der Waals surface area contributed by atoms with Gasteiger partial charge in [0.15, 0.2) is 5.65 Å². The molecular formula is C15H10F5N3O. The standard InChI is InChI=1S/C15H10F5N3O/c1-14(16,17)12-8-21-13-7-6-11(22-23(12)13)9-2-4-10(5-3-9)24-15(18,19)20/h2-8H,1H3. The lowest BCUT2D eigenvalue weighted by Crippen LogP contribution is -2.16. The van der Waals surface area contributed by atoms with Gasteiger partial charge in [0.25, 0.3) is 5.92 Å². The molecular weight excluding hydrogens is 333 g/mol. The van der Waals surface area contributed by atoms with Crippen molar-refractivity contribution in [2.24, 2.45) is 0 Å². The van der Waals surface area contributed by atoms with Gasteiger partial charge in [-0.3, -0.25) is 0 Å². The van der Waals surface area contributed by atoms with Crippen molar-refractivity contribution in [2.75, 3.05) is 0 Å². The van der Waals surface area contributed by atoms with Crippen LogP contribution >= 0.6 is 0 Å². The van der Waals surface area contributed by atoms with Gasteiger partial charge in [-0.15, -0.1) is 13.2 Å². The van der Waals surface area contributed by atoms with Crippen LogP contribution in [0.3, 0.4) is 0 Å². The molecule has 0 unspecified atom stereocenters. The van der Waals surface area contributed by atoms with Gasteiger partial charge in [-0.2, -0.15) is 13.9 Å². The van der Waals surface area contributed by atoms with Crippen molar-refractivity contribution in [2.45, 2.75) is 19.2 Å². The summed E-state index contributed by atoms with van der Waals surface area (Å²) in [6.07, 6.45) is -3.75. The number of fused-ring (bicyclic) bond motifs is 1. The molecule has 24 heavy (non-hydrogen) atoms. The molecule has 3 rings (SSSR count). The SMILES string of the molecule is CC(F)(F)c1cnc2ccc(-c3ccc(OC(F)(F)F)cc3)nn12. The second-order valence-electron chi connectivity index (χ2n) is 5.09. The molecule has 0 bridgehead atoms. The van der Waals surface area contributed by atoms with E-state index < -0.39 is 12.3 Å². The maximum absolute atomic E-state index is 13.5. The van der Waals surface area contributed by atoms with E-state index in [9.17, 15) is 22.0 Å². The van der Waals surface area contributed by atoms with Crippen molar-refractivity contribution in [1.29, 1.82) is 0 Å². The number of ether oxygens (including phenoxy) is 1. The summed E-state index contributed by atoms with van der Waals surface area (Å²) in [5.41, 5.74) is 0.624. The van der Waals surface area contributed by atoms with Gasteiger partial charge >= 0.3 is 6.36 Å². The van der Waals surface area contributed by atoms with Gasteiger partial charge in [0.1, 0.15) is 11.4 Å². The average molecular weight is 343 g/mol. The normalized spacial score (nSPS) is 12.6. The van der Waals surface area contributed by atoms with Gasteiger partial charge < -0.3 is 4.74 Å². The number of hydrogen-bond acceptors (Lipinski definition) is 3. The molecule has 2 heterocycles. The molecule has 0 spiro atoms. The summed E-state index contributed by atoms with van der Waals surface area (Å²) in [4.78, 5) is 3.85. The summed E-state index contributed by atoms with van der Waals surface area (Å²) in [5, 5.41) is 4.09. The highest BCUT2D eigenvalue weighted by molar-refractivity contribution is 5.61. The number of rotatable bonds is 3. The summed E-state index contributed by atoms with van der Waals surface area (Å²) in [5.74, 6) is -3.51. The van der Waals surface area contributed by atoms with Gasteiger partial charge in [0.05, 0.1) is 11.9 Å². The Hall–Kier alpha value is -2.71. The van der Waals surface area contributed by atoms with E-state index in [1.54, 1.807) is 6.07 Å². The maximum atomic E-state index is 13.5. The van der Waals surface area contributed by atoms with Crippen LogP contribution in [-0.4, -0.2) is 21.0 Å². The first-order valence-electron chi connectivity index (χ1n) is 6.73. The van der Waals surface area contributed by atoms with E-state index >= 15 is 0 Å². The van der Waals surface area contributed by atoms with Crippen LogP contribution in [0.4, 0.5) is 22.0 Å². The fourth-order valence-electron chi connectivity index (χ4n) is 2.15. The number of nitrogens with zero attached hydrogens (tertiary/aromatic N) is 3. The fourth-order valence-corrected chi connectivity index (χ4v) is 2.15. The zero-order valence-corrected chi connectivity index (χ0v) is 12.2. The first-order valence-corrected chi connectivity index (χ1v) is 6.73. The van der Waals surface area contributed by atoms with Crippen LogP contribution in [0.5, 0.6) is 5.75 Å². The Balaban J connectivity index is 1.97. The Bertz CT molecular complexity index is 865. The molecule has 0 fully saturated rings. The predicted octanol–water partition coefficient (Wildman–Crippen LogP) is 4.41. The molecule has 1 aromatic carbocycles. The Morgan fingerprint density at radius 1 is 0.958 bits per heavy atom. The van der Waals surface area contributed by atoms with Crippen LogP contribution in [0.15, 0.2) is 42.6 Å². The van der Waals surface area contributed by atoms with Crippen LogP contribution in [0.25, 0.3) is 16.9 Å². The quantitative estimate of drug-likeness (QED) is 0.662. The van der Waals surface area contributed by atoms with Crippen LogP contribution < -0.4 is 4.74 Å². The van der Waals surface area contributed by atoms with Crippen molar-refractivity contribution in [3.63, 3.8) is 0 Å². The highest BCUT2D eigenvalue weighted by atomic mass is 19.4. The molecule has 0 aliphatic rings. The summed E-state index contributed by atoms with van der Waals surface area (Å²) >= 11 is 0. The van der Waals surface area contributed by atoms with Gasteiger partial charge in [0.2, 0.25) is 0 Å². The minimum absolute atomic E-state index is 0.243. The van der Waals surface area contributed by atoms with Crippen molar-refractivity contribution in [3.8, 4) is 17.0 Å². The van der Waals surface area contributed by atoms with Gasteiger partial charge in [-0.05, 0) is 36.4 Å². The molecule has 0 N–H and O–H groups in total. The van der Waals surface area contributed by atoms with E-state index in [0.717, 1.165) is 29.8 Å². The topological polar surface area (TPSA) is 39.4 Å². The van der Waals surface area contributed by atoms with Crippen molar-refractivity contribution in [3.05, 3.63) is 48.3 Å². The third-order valence-electron chi connectivity index (χ3n) is 3.20. The van der Waals surface area contributed by atoms with Crippen LogP contribution in [0.2, 0.25) is 0 Å². The van der Waals surface area contributed by atoms with E-state index in [0.29, 0.717) is 11.3 Å². The first-order chi connectivity index (χ1) is 11.1. The van der Waals surface area contributed by atoms with Crippen molar-refractivity contribution < 1.29 is 26.7 Å². The second-order valence-corrected chi connectivity index (χ2v) is 5.09. The maximum Gasteiger partial charge on any atom is 0.573 e. The van der Waals surface area contributed by atoms with Crippen LogP contribution in [-0.2, 0) is 5.92 Å². The second kappa shape index (κ2) is 5.43. The van der Waals surface area contributed by atoms with Gasteiger partial charge in [-0.25, -0.2) is 9.50 Å². The highest BCUT2D eigenvalue weighted by Crippen LogP contribution is 2.29. The molecule has 0 radical (unpaired) electrons. The molecule has 126 valence electrons. The van der Waals surface area contributed by atoms with Crippen molar-refractivity contribution >= 4 is 5.65 Å². The molecule has 3 aromatic rings. The predicted molar refractivity (Wildman–Crippen MR) is 74.7 cm³/mol. The molecule has 9 heteroatoms. The molecule has 0 atom stereocenters. The highest BCUT2D eigenvalue weighted by Gasteiger charge is 2.31. The number of imidazole rings is 1. The summed E-state index contributed by atoms with van der Waals surface area (Å²) < 4.78 is 68.3. The van der Waals surface area contributed by atoms with Crippen molar-refractivity contribution in [1.82, 2.24) is 14.6 Å². The molecule has 4 nitrogen and oxygen atoms in total. The third-order valence-corrected chi connectivity index (χ3v) is 3.20. The summed E-state index contributed by atoms with van der Waals surface area (Å²) in [7, 11) is 0. The molecule has 0 aliphatic heterocycles. The zero-order chi connectivity index (χ0) is 17.5. The van der Waals surface area contributed by atoms with E-state index in [2.05, 4.69) is 14.8 Å². The molecule has 2 aromatic heterocycles. The van der Waals surface area contributed by atoms with E-state index in [4.69, 9.17) is 0 Å². The Kier molecular flexibility index (Phi) is 3.66. The first kappa shape index (κ1) is 16.2. The van der Waals surface area contributed by atoms with E-state index in [1.165, 1.54) is 18.2 Å². The average Bonchev–Trinajstić information content (AvgIpc) is 2.89. The number of benzene rings is 1. The third kappa shape index (κ3) is 3.29. The number of aromatic nitrogens is 3. The van der Waals surface area contributed by atoms with E-state index in [1.807, 2.05) is 0 Å². The molecule has 0 saturated heterocycles. The lowest BCUT2D eigenvalue weighted by molar-refractivity contribution is -0.274. The monoisotopic (exact) mass is 343 g/mol. The molecule has 0 aliphatic carbocycles. The summed E-state index contributed by atoms with van der Waals surface area (Å²) in [6, 6.07) is 8.00. The molecule has 0 amide bonds. The Morgan fingerprint density at radius 2 is 1.62 bits per heavy atom. The van der Waals surface area contributed by atoms with Gasteiger partial charge in [-0.1, -0.05) is 0 Å².